The Hall–Kier alpha value is -5.41. The smallest absolute Gasteiger partial charge is 0.410 e. The molecule has 0 saturated heterocycles. The molecule has 15 nitrogen and oxygen atoms in total. The molecule has 3 rings (SSSR count). The Morgan fingerprint density at radius 1 is 1.05 bits per heavy atom. The van der Waals surface area contributed by atoms with Crippen molar-refractivity contribution >= 4 is 53.4 Å². The Balaban J connectivity index is 1.80. The minimum absolute atomic E-state index is 0.00399. The summed E-state index contributed by atoms with van der Waals surface area (Å²) in [6, 6.07) is 11.1. The van der Waals surface area contributed by atoms with Crippen LogP contribution < -0.4 is 20.7 Å². The van der Waals surface area contributed by atoms with E-state index in [9.17, 15) is 33.9 Å². The molecular formula is C46H63ClN4O11. The Morgan fingerprint density at radius 2 is 1.71 bits per heavy atom. The second-order valence-corrected chi connectivity index (χ2v) is 17.9. The summed E-state index contributed by atoms with van der Waals surface area (Å²) in [5, 5.41) is 20.0. The van der Waals surface area contributed by atoms with Gasteiger partial charge in [0.25, 0.3) is 0 Å². The SMILES string of the molecule is COc1ccc(/C=C/C2NC(=O)/C=C/C[C@H]([C@H](C)[C@@H](O)Cc3ccc(CNC(=O)CN(C)C(=O)OC(C)(C)C)cc3)OC(=O)[C@H](CC(C)C)OC(=O)C(C)(C)CNC2=O)cc1Cl. The number of rotatable bonds is 13. The van der Waals surface area contributed by atoms with Crippen LogP contribution in [0.25, 0.3) is 6.08 Å². The number of aliphatic hydroxyl groups excluding tert-OH is 1. The molecular weight excluding hydrogens is 820 g/mol. The quantitative estimate of drug-likeness (QED) is 0.146. The number of nitrogens with one attached hydrogen (secondary N) is 3. The van der Waals surface area contributed by atoms with Crippen molar-refractivity contribution in [3.63, 3.8) is 0 Å². The van der Waals surface area contributed by atoms with Gasteiger partial charge in [-0.2, -0.15) is 0 Å². The molecule has 340 valence electrons. The van der Waals surface area contributed by atoms with Crippen LogP contribution in [-0.4, -0.2) is 103 Å². The van der Waals surface area contributed by atoms with Gasteiger partial charge < -0.3 is 44.9 Å². The van der Waals surface area contributed by atoms with Crippen LogP contribution in [0.1, 0.15) is 84.9 Å². The van der Waals surface area contributed by atoms with Gasteiger partial charge in [0.15, 0.2) is 6.10 Å². The fourth-order valence-corrected chi connectivity index (χ4v) is 6.31. The van der Waals surface area contributed by atoms with Crippen molar-refractivity contribution in [1.82, 2.24) is 20.9 Å². The van der Waals surface area contributed by atoms with Crippen LogP contribution in [0.2, 0.25) is 5.02 Å². The normalized spacial score (nSPS) is 20.6. The minimum atomic E-state index is -1.29. The van der Waals surface area contributed by atoms with E-state index >= 15 is 0 Å². The van der Waals surface area contributed by atoms with E-state index in [1.54, 1.807) is 78.0 Å². The molecule has 0 bridgehead atoms. The average molecular weight is 883 g/mol. The van der Waals surface area contributed by atoms with E-state index in [0.29, 0.717) is 16.3 Å². The molecule has 1 aliphatic heterocycles. The first kappa shape index (κ1) is 50.9. The maximum Gasteiger partial charge on any atom is 0.410 e. The molecule has 5 atom stereocenters. The second-order valence-electron chi connectivity index (χ2n) is 17.5. The zero-order chi connectivity index (χ0) is 46.4. The lowest BCUT2D eigenvalue weighted by Crippen LogP contribution is -2.49. The summed E-state index contributed by atoms with van der Waals surface area (Å²) in [4.78, 5) is 80.0. The fraction of sp³-hybridized carbons (Fsp3) is 0.522. The number of amides is 4. The van der Waals surface area contributed by atoms with Gasteiger partial charge in [-0.3, -0.25) is 19.2 Å². The number of carbonyl (C=O) groups excluding carboxylic acids is 6. The van der Waals surface area contributed by atoms with Gasteiger partial charge in [-0.05, 0) is 88.3 Å². The van der Waals surface area contributed by atoms with Crippen LogP contribution in [-0.2, 0) is 51.1 Å². The van der Waals surface area contributed by atoms with E-state index in [4.69, 9.17) is 30.5 Å². The van der Waals surface area contributed by atoms with Crippen LogP contribution in [0.15, 0.2) is 60.7 Å². The molecule has 4 N–H and O–H groups in total. The number of esters is 2. The standard InChI is InChI=1S/C46H63ClN4O11/c1-28(2)22-38-42(56)60-36(29(3)35(52)24-31-14-16-32(17-15-31)25-48-40(54)26-51(9)44(58)62-45(4,5)6)12-11-13-39(53)50-34(41(55)49-27-46(7,8)43(57)61-38)20-18-30-19-21-37(59-10)33(47)23-30/h11,13-21,23,28-29,34-36,38,52H,12,22,24-27H2,1-10H3,(H,48,54)(H,49,55)(H,50,53)/b13-11+,20-18+/t29-,34?,35+,36-,38+/m1/s1. The molecule has 16 heteroatoms. The number of cyclic esters (lactones) is 2. The molecule has 0 aromatic heterocycles. The number of halogens is 1. The number of benzene rings is 2. The molecule has 62 heavy (non-hydrogen) atoms. The van der Waals surface area contributed by atoms with E-state index in [2.05, 4.69) is 16.0 Å². The zero-order valence-electron chi connectivity index (χ0n) is 37.4. The molecule has 0 fully saturated rings. The van der Waals surface area contributed by atoms with Crippen molar-refractivity contribution in [2.24, 2.45) is 17.3 Å². The van der Waals surface area contributed by atoms with E-state index in [-0.39, 0.29) is 50.7 Å². The number of methoxy groups -OCH3 is 1. The summed E-state index contributed by atoms with van der Waals surface area (Å²) in [6.07, 6.45) is 2.30. The van der Waals surface area contributed by atoms with Crippen molar-refractivity contribution in [2.75, 3.05) is 27.2 Å². The molecule has 0 aliphatic carbocycles. The molecule has 0 saturated carbocycles. The first-order valence-corrected chi connectivity index (χ1v) is 21.0. The lowest BCUT2D eigenvalue weighted by molar-refractivity contribution is -0.180. The molecule has 1 heterocycles. The number of likely N-dealkylation sites (N-methyl/N-ethyl adjacent to an activating group) is 1. The van der Waals surface area contributed by atoms with Crippen molar-refractivity contribution in [2.45, 2.75) is 111 Å². The topological polar surface area (TPSA) is 199 Å². The Bertz CT molecular complexity index is 1940. The Morgan fingerprint density at radius 3 is 2.32 bits per heavy atom. The predicted octanol–water partition coefficient (Wildman–Crippen LogP) is 5.54. The summed E-state index contributed by atoms with van der Waals surface area (Å²) in [6.45, 7) is 13.7. The molecule has 0 radical (unpaired) electrons. The molecule has 0 spiro atoms. The largest absolute Gasteiger partial charge is 0.495 e. The maximum absolute atomic E-state index is 13.8. The van der Waals surface area contributed by atoms with Crippen molar-refractivity contribution < 1.29 is 52.8 Å². The number of ether oxygens (including phenoxy) is 4. The fourth-order valence-electron chi connectivity index (χ4n) is 6.04. The summed E-state index contributed by atoms with van der Waals surface area (Å²) in [5.74, 6) is -3.38. The number of nitrogens with zero attached hydrogens (tertiary/aromatic N) is 1. The minimum Gasteiger partial charge on any atom is -0.495 e. The Kier molecular flexibility index (Phi) is 19.0. The number of hydrogen-bond donors (Lipinski definition) is 4. The highest BCUT2D eigenvalue weighted by Gasteiger charge is 2.37. The molecule has 2 aromatic carbocycles. The summed E-state index contributed by atoms with van der Waals surface area (Å²) < 4.78 is 22.3. The third-order valence-electron chi connectivity index (χ3n) is 9.83. The van der Waals surface area contributed by atoms with Crippen LogP contribution in [0.3, 0.4) is 0 Å². The van der Waals surface area contributed by atoms with E-state index in [1.807, 2.05) is 26.0 Å². The van der Waals surface area contributed by atoms with E-state index in [1.165, 1.54) is 37.3 Å². The molecule has 4 amide bonds. The van der Waals surface area contributed by atoms with Gasteiger partial charge >= 0.3 is 18.0 Å². The van der Waals surface area contributed by atoms with Gasteiger partial charge in [0.05, 0.1) is 23.7 Å². The average Bonchev–Trinajstić information content (AvgIpc) is 3.19. The lowest BCUT2D eigenvalue weighted by atomic mass is 9.90. The summed E-state index contributed by atoms with van der Waals surface area (Å²) in [5.41, 5.74) is 0.215. The third kappa shape index (κ3) is 16.8. The highest BCUT2D eigenvalue weighted by atomic mass is 35.5. The van der Waals surface area contributed by atoms with Gasteiger partial charge in [0.2, 0.25) is 17.7 Å². The molecule has 1 aliphatic rings. The maximum atomic E-state index is 13.8. The van der Waals surface area contributed by atoms with Gasteiger partial charge in [0.1, 0.15) is 30.0 Å². The molecule has 2 aromatic rings. The van der Waals surface area contributed by atoms with Crippen LogP contribution in [0, 0.1) is 17.3 Å². The van der Waals surface area contributed by atoms with Crippen LogP contribution in [0.5, 0.6) is 5.75 Å². The first-order chi connectivity index (χ1) is 29.0. The summed E-state index contributed by atoms with van der Waals surface area (Å²) >= 11 is 6.29. The highest BCUT2D eigenvalue weighted by Crippen LogP contribution is 2.27. The first-order valence-electron chi connectivity index (χ1n) is 20.6. The highest BCUT2D eigenvalue weighted by molar-refractivity contribution is 6.32. The predicted molar refractivity (Wildman–Crippen MR) is 235 cm³/mol. The number of carbonyl (C=O) groups is 6. The van der Waals surface area contributed by atoms with Crippen LogP contribution >= 0.6 is 11.6 Å². The van der Waals surface area contributed by atoms with Crippen molar-refractivity contribution in [1.29, 1.82) is 0 Å². The van der Waals surface area contributed by atoms with Crippen LogP contribution in [0.4, 0.5) is 4.79 Å². The van der Waals surface area contributed by atoms with Crippen molar-refractivity contribution in [3.05, 3.63) is 82.4 Å². The Labute approximate surface area is 369 Å². The monoisotopic (exact) mass is 882 g/mol. The van der Waals surface area contributed by atoms with Gasteiger partial charge in [-0.1, -0.05) is 80.9 Å². The second kappa shape index (κ2) is 23.2. The number of aliphatic hydroxyl groups is 1. The van der Waals surface area contributed by atoms with Gasteiger partial charge in [-0.25, -0.2) is 9.59 Å². The zero-order valence-corrected chi connectivity index (χ0v) is 38.2. The van der Waals surface area contributed by atoms with E-state index in [0.717, 1.165) is 11.1 Å². The van der Waals surface area contributed by atoms with Gasteiger partial charge in [-0.15, -0.1) is 0 Å². The number of hydrogen-bond acceptors (Lipinski definition) is 11. The molecule has 1 unspecified atom stereocenters. The van der Waals surface area contributed by atoms with Gasteiger partial charge in [0, 0.05) is 32.5 Å². The lowest BCUT2D eigenvalue weighted by Gasteiger charge is -2.31. The van der Waals surface area contributed by atoms with Crippen molar-refractivity contribution in [3.8, 4) is 5.75 Å². The summed E-state index contributed by atoms with van der Waals surface area (Å²) in [7, 11) is 2.97. The third-order valence-corrected chi connectivity index (χ3v) is 10.1. The van der Waals surface area contributed by atoms with E-state index < -0.39 is 71.1 Å².